The van der Waals surface area contributed by atoms with E-state index in [1.165, 1.54) is 0 Å². The fourth-order valence-corrected chi connectivity index (χ4v) is 3.26. The number of carbonyl (C=O) groups is 1. The summed E-state index contributed by atoms with van der Waals surface area (Å²) in [4.78, 5) is 20.8. The highest BCUT2D eigenvalue weighted by Gasteiger charge is 2.27. The molecule has 0 radical (unpaired) electrons. The van der Waals surface area contributed by atoms with Gasteiger partial charge in [-0.2, -0.15) is 0 Å². The van der Waals surface area contributed by atoms with Crippen molar-refractivity contribution in [2.24, 2.45) is 0 Å². The van der Waals surface area contributed by atoms with Crippen molar-refractivity contribution in [1.29, 1.82) is 0 Å². The zero-order valence-corrected chi connectivity index (χ0v) is 13.0. The van der Waals surface area contributed by atoms with Gasteiger partial charge in [0, 0.05) is 43.8 Å². The highest BCUT2D eigenvalue weighted by molar-refractivity contribution is 7.09. The first-order valence-electron chi connectivity index (χ1n) is 7.01. The minimum Gasteiger partial charge on any atom is -0.351 e. The number of piperazine rings is 1. The first-order valence-corrected chi connectivity index (χ1v) is 7.89. The summed E-state index contributed by atoms with van der Waals surface area (Å²) in [5.74, 6) is 0.256. The predicted octanol–water partition coefficient (Wildman–Crippen LogP) is 1.96. The third kappa shape index (κ3) is 2.98. The molecule has 0 spiro atoms. The lowest BCUT2D eigenvalue weighted by Crippen LogP contribution is -2.49. The van der Waals surface area contributed by atoms with E-state index >= 15 is 0 Å². The molecule has 0 N–H and O–H groups in total. The summed E-state index contributed by atoms with van der Waals surface area (Å²) in [6.45, 7) is 7.08. The third-order valence-corrected chi connectivity index (χ3v) is 4.74. The molecule has 112 valence electrons. The molecule has 3 heterocycles. The minimum absolute atomic E-state index is 0.0721. The fraction of sp³-hybridized carbons (Fsp3) is 0.500. The van der Waals surface area contributed by atoms with Gasteiger partial charge in [0.1, 0.15) is 5.01 Å². The number of aryl methyl sites for hydroxylation is 1. The van der Waals surface area contributed by atoms with Gasteiger partial charge in [-0.05, 0) is 13.8 Å². The Bertz CT molecular complexity index is 602. The summed E-state index contributed by atoms with van der Waals surface area (Å²) in [6, 6.07) is 1.99. The molecule has 1 aliphatic rings. The van der Waals surface area contributed by atoms with Crippen LogP contribution in [0.3, 0.4) is 0 Å². The molecule has 21 heavy (non-hydrogen) atoms. The molecule has 3 rings (SSSR count). The van der Waals surface area contributed by atoms with Crippen LogP contribution in [0.1, 0.15) is 34.2 Å². The Balaban J connectivity index is 1.59. The largest absolute Gasteiger partial charge is 0.351 e. The van der Waals surface area contributed by atoms with Gasteiger partial charge in [-0.15, -0.1) is 11.3 Å². The van der Waals surface area contributed by atoms with Crippen LogP contribution in [-0.4, -0.2) is 52.0 Å². The van der Waals surface area contributed by atoms with Crippen LogP contribution < -0.4 is 0 Å². The van der Waals surface area contributed by atoms with Crippen molar-refractivity contribution in [2.45, 2.75) is 19.9 Å². The number of aromatic nitrogens is 2. The number of nitrogens with zero attached hydrogens (tertiary/aromatic N) is 4. The van der Waals surface area contributed by atoms with Crippen molar-refractivity contribution in [3.05, 3.63) is 34.1 Å². The molecule has 2 aromatic rings. The Morgan fingerprint density at radius 1 is 1.38 bits per heavy atom. The number of amides is 1. The van der Waals surface area contributed by atoms with Gasteiger partial charge in [0.05, 0.1) is 11.7 Å². The number of carbonyl (C=O) groups excluding carboxylic acids is 1. The van der Waals surface area contributed by atoms with Crippen molar-refractivity contribution in [3.8, 4) is 0 Å². The van der Waals surface area contributed by atoms with Crippen LogP contribution in [0.2, 0.25) is 0 Å². The Hall–Kier alpha value is -1.73. The van der Waals surface area contributed by atoms with E-state index in [2.05, 4.69) is 22.0 Å². The third-order valence-electron chi connectivity index (χ3n) is 3.80. The molecular formula is C14H18N4O2S. The van der Waals surface area contributed by atoms with E-state index in [-0.39, 0.29) is 5.91 Å². The second-order valence-corrected chi connectivity index (χ2v) is 6.13. The van der Waals surface area contributed by atoms with Crippen molar-refractivity contribution < 1.29 is 9.32 Å². The van der Waals surface area contributed by atoms with Gasteiger partial charge in [-0.3, -0.25) is 9.69 Å². The van der Waals surface area contributed by atoms with Crippen LogP contribution in [-0.2, 0) is 0 Å². The van der Waals surface area contributed by atoms with Gasteiger partial charge in [0.15, 0.2) is 0 Å². The minimum atomic E-state index is -0.0721. The van der Waals surface area contributed by atoms with Crippen molar-refractivity contribution in [2.75, 3.05) is 26.2 Å². The number of rotatable bonds is 3. The van der Waals surface area contributed by atoms with Crippen LogP contribution in [0.5, 0.6) is 0 Å². The molecule has 1 amide bonds. The molecule has 0 aromatic carbocycles. The van der Waals surface area contributed by atoms with Gasteiger partial charge in [0.2, 0.25) is 5.76 Å². The van der Waals surface area contributed by atoms with Crippen LogP contribution in [0.25, 0.3) is 0 Å². The first-order chi connectivity index (χ1) is 10.1. The lowest BCUT2D eigenvalue weighted by Gasteiger charge is -2.36. The molecule has 1 fully saturated rings. The van der Waals surface area contributed by atoms with E-state index in [9.17, 15) is 4.79 Å². The summed E-state index contributed by atoms with van der Waals surface area (Å²) < 4.78 is 5.05. The quantitative estimate of drug-likeness (QED) is 0.867. The molecule has 1 aliphatic heterocycles. The molecular weight excluding hydrogens is 288 g/mol. The number of thiazole rings is 1. The van der Waals surface area contributed by atoms with Crippen LogP contribution in [0.4, 0.5) is 0 Å². The van der Waals surface area contributed by atoms with Crippen LogP contribution in [0, 0.1) is 6.92 Å². The summed E-state index contributed by atoms with van der Waals surface area (Å²) >= 11 is 1.67. The van der Waals surface area contributed by atoms with E-state index in [4.69, 9.17) is 4.52 Å². The lowest BCUT2D eigenvalue weighted by molar-refractivity contribution is 0.0544. The predicted molar refractivity (Wildman–Crippen MR) is 79.2 cm³/mol. The zero-order valence-electron chi connectivity index (χ0n) is 12.2. The topological polar surface area (TPSA) is 62.5 Å². The van der Waals surface area contributed by atoms with Gasteiger partial charge in [0.25, 0.3) is 5.91 Å². The first kappa shape index (κ1) is 14.2. The maximum atomic E-state index is 12.3. The summed E-state index contributed by atoms with van der Waals surface area (Å²) in [7, 11) is 0. The van der Waals surface area contributed by atoms with Gasteiger partial charge in [-0.1, -0.05) is 5.16 Å². The Morgan fingerprint density at radius 2 is 2.14 bits per heavy atom. The van der Waals surface area contributed by atoms with Crippen molar-refractivity contribution in [1.82, 2.24) is 19.9 Å². The number of hydrogen-bond donors (Lipinski definition) is 0. The maximum absolute atomic E-state index is 12.3. The van der Waals surface area contributed by atoms with Gasteiger partial charge >= 0.3 is 0 Å². The Morgan fingerprint density at radius 3 is 2.71 bits per heavy atom. The second kappa shape index (κ2) is 5.95. The van der Waals surface area contributed by atoms with Gasteiger partial charge in [-0.25, -0.2) is 4.98 Å². The summed E-state index contributed by atoms with van der Waals surface area (Å²) in [5.41, 5.74) is 0.731. The highest BCUT2D eigenvalue weighted by Crippen LogP contribution is 2.23. The second-order valence-electron chi connectivity index (χ2n) is 5.21. The molecule has 7 heteroatoms. The normalized spacial score (nSPS) is 17.9. The molecule has 1 atom stereocenters. The van der Waals surface area contributed by atoms with Crippen LogP contribution >= 0.6 is 11.3 Å². The van der Waals surface area contributed by atoms with Crippen molar-refractivity contribution >= 4 is 17.2 Å². The summed E-state index contributed by atoms with van der Waals surface area (Å²) in [6.07, 6.45) is 1.84. The monoisotopic (exact) mass is 306 g/mol. The lowest BCUT2D eigenvalue weighted by atomic mass is 10.2. The van der Waals surface area contributed by atoms with E-state index in [1.807, 2.05) is 23.4 Å². The Labute approximate surface area is 127 Å². The smallest absolute Gasteiger partial charge is 0.292 e. The molecule has 0 bridgehead atoms. The summed E-state index contributed by atoms with van der Waals surface area (Å²) in [5, 5.41) is 6.89. The van der Waals surface area contributed by atoms with Crippen molar-refractivity contribution in [3.63, 3.8) is 0 Å². The van der Waals surface area contributed by atoms with E-state index in [1.54, 1.807) is 17.4 Å². The average Bonchev–Trinajstić information content (AvgIpc) is 3.17. The van der Waals surface area contributed by atoms with Crippen LogP contribution in [0.15, 0.2) is 22.2 Å². The van der Waals surface area contributed by atoms with E-state index < -0.39 is 0 Å². The molecule has 2 aromatic heterocycles. The SMILES string of the molecule is Cc1cc(C(=O)N2CCN(C(C)c3nccs3)CC2)on1. The molecule has 1 unspecified atom stereocenters. The molecule has 1 saturated heterocycles. The average molecular weight is 306 g/mol. The maximum Gasteiger partial charge on any atom is 0.292 e. The fourth-order valence-electron chi connectivity index (χ4n) is 2.53. The van der Waals surface area contributed by atoms with E-state index in [0.717, 1.165) is 23.8 Å². The molecule has 0 saturated carbocycles. The van der Waals surface area contributed by atoms with E-state index in [0.29, 0.717) is 24.9 Å². The van der Waals surface area contributed by atoms with Gasteiger partial charge < -0.3 is 9.42 Å². The standard InChI is InChI=1S/C14H18N4O2S/c1-10-9-12(20-16-10)14(19)18-6-4-17(5-7-18)11(2)13-15-3-8-21-13/h3,8-9,11H,4-7H2,1-2H3. The number of hydrogen-bond acceptors (Lipinski definition) is 6. The highest BCUT2D eigenvalue weighted by atomic mass is 32.1. The zero-order chi connectivity index (χ0) is 14.8. The molecule has 0 aliphatic carbocycles. The Kier molecular flexibility index (Phi) is 4.03. The molecule has 6 nitrogen and oxygen atoms in total.